The summed E-state index contributed by atoms with van der Waals surface area (Å²) >= 11 is 0. The minimum absolute atomic E-state index is 0.0863. The molecule has 2 aliphatic heterocycles. The van der Waals surface area contributed by atoms with Gasteiger partial charge in [0.2, 0.25) is 12.1 Å². The molecule has 0 bridgehead atoms. The van der Waals surface area contributed by atoms with E-state index in [4.69, 9.17) is 14.2 Å². The first-order valence-electron chi connectivity index (χ1n) is 12.1. The van der Waals surface area contributed by atoms with Gasteiger partial charge in [0.1, 0.15) is 38.0 Å². The second-order valence-electron chi connectivity index (χ2n) is 8.71. The van der Waals surface area contributed by atoms with Crippen LogP contribution in [0.3, 0.4) is 0 Å². The first kappa shape index (κ1) is 24.2. The van der Waals surface area contributed by atoms with E-state index < -0.39 is 23.5 Å². The minimum atomic E-state index is -0.843. The molecule has 0 aliphatic carbocycles. The Hall–Kier alpha value is -4.53. The third kappa shape index (κ3) is 4.93. The molecule has 5 rings (SSSR count). The van der Waals surface area contributed by atoms with Crippen molar-refractivity contribution < 1.29 is 33.5 Å². The number of ether oxygens (including phenoxy) is 3. The van der Waals surface area contributed by atoms with E-state index in [1.165, 1.54) is 4.90 Å². The molecule has 1 saturated heterocycles. The highest BCUT2D eigenvalue weighted by Crippen LogP contribution is 2.41. The number of fused-ring (bicyclic) bond motifs is 1. The van der Waals surface area contributed by atoms with Crippen LogP contribution in [0.15, 0.2) is 79.4 Å². The largest absolute Gasteiger partial charge is 0.872 e. The molecule has 37 heavy (non-hydrogen) atoms. The van der Waals surface area contributed by atoms with Gasteiger partial charge in [-0.15, -0.1) is 0 Å². The fourth-order valence-corrected chi connectivity index (χ4v) is 4.60. The second-order valence-corrected chi connectivity index (χ2v) is 8.71. The average Bonchev–Trinajstić information content (AvgIpc) is 3.54. The zero-order chi connectivity index (χ0) is 25.8. The lowest BCUT2D eigenvalue weighted by molar-refractivity contribution is -0.695. The topological polar surface area (TPSA) is 108 Å². The van der Waals surface area contributed by atoms with Gasteiger partial charge in [0.15, 0.2) is 11.5 Å². The van der Waals surface area contributed by atoms with Crippen molar-refractivity contribution in [2.45, 2.75) is 19.0 Å². The van der Waals surface area contributed by atoms with Crippen LogP contribution in [0.1, 0.15) is 23.6 Å². The Labute approximate surface area is 214 Å². The predicted octanol–water partition coefficient (Wildman–Crippen LogP) is 1.95. The van der Waals surface area contributed by atoms with Gasteiger partial charge in [-0.25, -0.2) is 4.57 Å². The maximum absolute atomic E-state index is 13.7. The van der Waals surface area contributed by atoms with Gasteiger partial charge in [-0.05, 0) is 35.4 Å². The Bertz CT molecular complexity index is 1350. The summed E-state index contributed by atoms with van der Waals surface area (Å²) in [5.41, 5.74) is 0.794. The number of aryl methyl sites for hydroxylation is 1. The molecule has 0 spiro atoms. The summed E-state index contributed by atoms with van der Waals surface area (Å²) in [7, 11) is 0. The van der Waals surface area contributed by atoms with Crippen molar-refractivity contribution in [1.82, 2.24) is 9.88 Å². The van der Waals surface area contributed by atoms with Crippen molar-refractivity contribution in [1.29, 1.82) is 0 Å². The van der Waals surface area contributed by atoms with Crippen molar-refractivity contribution in [3.05, 3.63) is 90.5 Å². The Balaban J connectivity index is 1.54. The summed E-state index contributed by atoms with van der Waals surface area (Å²) in [6.07, 6.45) is 7.73. The number of aromatic nitrogens is 2. The summed E-state index contributed by atoms with van der Waals surface area (Å²) < 4.78 is 18.8. The molecule has 1 amide bonds. The smallest absolute Gasteiger partial charge is 0.295 e. The molecule has 1 N–H and O–H groups in total. The molecule has 2 aromatic carbocycles. The monoisotopic (exact) mass is 501 g/mol. The molecule has 0 saturated carbocycles. The highest BCUT2D eigenvalue weighted by Gasteiger charge is 2.44. The molecular weight excluding hydrogens is 474 g/mol. The number of ketones is 1. The summed E-state index contributed by atoms with van der Waals surface area (Å²) in [6.45, 7) is 5.70. The van der Waals surface area contributed by atoms with E-state index >= 15 is 0 Å². The predicted molar refractivity (Wildman–Crippen MR) is 132 cm³/mol. The Morgan fingerprint density at radius 3 is 2.81 bits per heavy atom. The zero-order valence-corrected chi connectivity index (χ0v) is 20.2. The lowest BCUT2D eigenvalue weighted by atomic mass is 9.95. The fourth-order valence-electron chi connectivity index (χ4n) is 4.60. The first-order valence-corrected chi connectivity index (χ1v) is 12.1. The van der Waals surface area contributed by atoms with Crippen molar-refractivity contribution in [3.8, 4) is 17.2 Å². The number of amides is 1. The van der Waals surface area contributed by atoms with Crippen LogP contribution in [-0.4, -0.2) is 47.9 Å². The summed E-state index contributed by atoms with van der Waals surface area (Å²) in [6, 6.07) is 11.1. The lowest BCUT2D eigenvalue weighted by Gasteiger charge is -2.28. The second kappa shape index (κ2) is 10.6. The lowest BCUT2D eigenvalue weighted by Crippen LogP contribution is -2.36. The maximum atomic E-state index is 13.7. The number of aromatic amines is 1. The van der Waals surface area contributed by atoms with Crippen molar-refractivity contribution in [2.75, 3.05) is 26.4 Å². The van der Waals surface area contributed by atoms with Crippen LogP contribution in [0.2, 0.25) is 0 Å². The number of hydrogen-bond acceptors (Lipinski definition) is 6. The maximum Gasteiger partial charge on any atom is 0.295 e. The van der Waals surface area contributed by atoms with Gasteiger partial charge >= 0.3 is 0 Å². The third-order valence-electron chi connectivity index (χ3n) is 6.29. The van der Waals surface area contributed by atoms with Gasteiger partial charge in [-0.2, -0.15) is 0 Å². The van der Waals surface area contributed by atoms with E-state index in [1.54, 1.807) is 54.7 Å². The molecular formula is C28H27N3O6. The third-order valence-corrected chi connectivity index (χ3v) is 6.29. The number of carbonyl (C=O) groups is 2. The van der Waals surface area contributed by atoms with Crippen LogP contribution in [0.25, 0.3) is 5.76 Å². The van der Waals surface area contributed by atoms with Gasteiger partial charge in [0, 0.05) is 18.5 Å². The first-order chi connectivity index (χ1) is 18.1. The molecule has 9 heteroatoms. The van der Waals surface area contributed by atoms with E-state index in [-0.39, 0.29) is 11.1 Å². The Morgan fingerprint density at radius 2 is 2.03 bits per heavy atom. The quantitative estimate of drug-likeness (QED) is 0.158. The highest BCUT2D eigenvalue weighted by atomic mass is 16.6. The molecule has 9 nitrogen and oxygen atoms in total. The van der Waals surface area contributed by atoms with Crippen LogP contribution in [0.4, 0.5) is 0 Å². The number of rotatable bonds is 9. The van der Waals surface area contributed by atoms with Crippen LogP contribution in [0.5, 0.6) is 17.2 Å². The number of nitrogens with one attached hydrogen (secondary N) is 1. The summed E-state index contributed by atoms with van der Waals surface area (Å²) in [4.78, 5) is 31.0. The molecule has 1 aromatic heterocycles. The number of nitrogens with zero attached hydrogens (tertiary/aromatic N) is 2. The molecule has 3 heterocycles. The van der Waals surface area contributed by atoms with Gasteiger partial charge in [0.05, 0.1) is 12.6 Å². The van der Waals surface area contributed by atoms with E-state index in [0.29, 0.717) is 62.1 Å². The number of carbonyl (C=O) groups excluding carboxylic acids is 2. The number of likely N-dealkylation sites (tertiary alicyclic amines) is 1. The molecule has 1 fully saturated rings. The van der Waals surface area contributed by atoms with Gasteiger partial charge in [0.25, 0.3) is 5.91 Å². The van der Waals surface area contributed by atoms with Crippen molar-refractivity contribution >= 4 is 17.4 Å². The average molecular weight is 502 g/mol. The fraction of sp³-hybridized carbons (Fsp3) is 0.250. The Morgan fingerprint density at radius 1 is 1.19 bits per heavy atom. The number of imidazole rings is 1. The number of hydrogen-bond donors (Lipinski definition) is 1. The van der Waals surface area contributed by atoms with Crippen LogP contribution < -0.4 is 23.9 Å². The van der Waals surface area contributed by atoms with Crippen LogP contribution >= 0.6 is 0 Å². The molecule has 3 aromatic rings. The highest BCUT2D eigenvalue weighted by molar-refractivity contribution is 6.46. The van der Waals surface area contributed by atoms with E-state index in [9.17, 15) is 14.7 Å². The molecule has 0 radical (unpaired) electrons. The number of H-pyrrole nitrogens is 1. The van der Waals surface area contributed by atoms with Crippen LogP contribution in [-0.2, 0) is 16.1 Å². The van der Waals surface area contributed by atoms with E-state index in [2.05, 4.69) is 11.6 Å². The number of benzene rings is 2. The zero-order valence-electron chi connectivity index (χ0n) is 20.2. The summed E-state index contributed by atoms with van der Waals surface area (Å²) in [5.74, 6) is -0.474. The number of Topliss-reactive ketones (excluding diaryl/α,β-unsaturated/α-hetero) is 1. The minimum Gasteiger partial charge on any atom is -0.872 e. The molecule has 190 valence electrons. The van der Waals surface area contributed by atoms with E-state index in [1.807, 2.05) is 17.1 Å². The van der Waals surface area contributed by atoms with Crippen molar-refractivity contribution in [3.63, 3.8) is 0 Å². The van der Waals surface area contributed by atoms with Gasteiger partial charge < -0.3 is 24.2 Å². The SMILES string of the molecule is C=CCOc1cccc(C2/C(=C(\[O-])c3ccc4c(c3)OCCO4)C(=O)C(=O)N2CCC[n+]2cc[nH]c2)c1. The van der Waals surface area contributed by atoms with E-state index in [0.717, 1.165) is 0 Å². The van der Waals surface area contributed by atoms with Crippen LogP contribution in [0, 0.1) is 0 Å². The standard InChI is InChI=1S/C28H27N3O6/c1-2-13-35-21-6-3-5-19(16-21)25-24(26(32)20-7-8-22-23(17-20)37-15-14-36-22)27(33)28(34)31(25)11-4-10-30-12-9-29-18-30/h2-3,5-9,12,16-18,25H,1,4,10-11,13-15H2,(H,32,33). The molecule has 1 atom stereocenters. The van der Waals surface area contributed by atoms with Gasteiger partial charge in [-0.3, -0.25) is 14.6 Å². The normalized spacial score (nSPS) is 18.2. The molecule has 2 aliphatic rings. The van der Waals surface area contributed by atoms with Gasteiger partial charge in [-0.1, -0.05) is 36.6 Å². The molecule has 1 unspecified atom stereocenters. The van der Waals surface area contributed by atoms with Crippen molar-refractivity contribution in [2.24, 2.45) is 0 Å². The summed E-state index contributed by atoms with van der Waals surface area (Å²) in [5, 5.41) is 13.7. The Kier molecular flexibility index (Phi) is 6.93.